The lowest BCUT2D eigenvalue weighted by molar-refractivity contribution is -0.125. The van der Waals surface area contributed by atoms with E-state index in [1.807, 2.05) is 34.6 Å². The molecule has 1 atom stereocenters. The van der Waals surface area contributed by atoms with Gasteiger partial charge in [-0.1, -0.05) is 20.8 Å². The summed E-state index contributed by atoms with van der Waals surface area (Å²) in [5, 5.41) is 0.0489. The zero-order chi connectivity index (χ0) is 10.6. The van der Waals surface area contributed by atoms with Gasteiger partial charge >= 0.3 is 0 Å². The molecule has 0 saturated carbocycles. The second-order valence-corrected chi connectivity index (χ2v) is 6.17. The van der Waals surface area contributed by atoms with E-state index in [4.69, 9.17) is 0 Å². The number of Topliss-reactive ketones (excluding diaryl/α,β-unsaturated/α-hetero) is 1. The van der Waals surface area contributed by atoms with Crippen LogP contribution in [0.4, 0.5) is 0 Å². The van der Waals surface area contributed by atoms with Gasteiger partial charge in [0.25, 0.3) is 0 Å². The van der Waals surface area contributed by atoms with Crippen molar-refractivity contribution in [3.05, 3.63) is 0 Å². The molecule has 0 heterocycles. The van der Waals surface area contributed by atoms with Crippen LogP contribution in [-0.2, 0) is 15.8 Å². The number of hydrogen-bond acceptors (Lipinski definition) is 2. The van der Waals surface area contributed by atoms with Gasteiger partial charge in [0.15, 0.2) is 5.78 Å². The van der Waals surface area contributed by atoms with Crippen LogP contribution in [0.3, 0.4) is 0 Å². The summed E-state index contributed by atoms with van der Waals surface area (Å²) in [6, 6.07) is 0. The van der Waals surface area contributed by atoms with E-state index in [9.17, 15) is 9.00 Å². The molecule has 0 rings (SSSR count). The van der Waals surface area contributed by atoms with Gasteiger partial charge in [0.1, 0.15) is 0 Å². The molecule has 0 amide bonds. The summed E-state index contributed by atoms with van der Waals surface area (Å²) < 4.78 is 13.9. The first kappa shape index (κ1) is 12.8. The molecule has 1 N–H and O–H groups in total. The highest BCUT2D eigenvalue weighted by Gasteiger charge is 2.21. The number of rotatable bonds is 4. The predicted octanol–water partition coefficient (Wildman–Crippen LogP) is 1.26. The van der Waals surface area contributed by atoms with Gasteiger partial charge in [0.05, 0.1) is 17.5 Å². The van der Waals surface area contributed by atoms with Crippen molar-refractivity contribution in [2.24, 2.45) is 5.41 Å². The van der Waals surface area contributed by atoms with Crippen LogP contribution >= 0.6 is 0 Å². The van der Waals surface area contributed by atoms with Gasteiger partial charge in [-0.05, 0) is 13.8 Å². The minimum atomic E-state index is -1.10. The largest absolute Gasteiger partial charge is 0.298 e. The molecule has 0 saturated heterocycles. The van der Waals surface area contributed by atoms with Crippen LogP contribution in [0.5, 0.6) is 0 Å². The molecule has 0 bridgehead atoms. The summed E-state index contributed by atoms with van der Waals surface area (Å²) in [6.45, 7) is 9.46. The lowest BCUT2D eigenvalue weighted by Crippen LogP contribution is -2.35. The van der Waals surface area contributed by atoms with E-state index in [2.05, 4.69) is 4.72 Å². The Morgan fingerprint density at radius 2 is 1.85 bits per heavy atom. The first-order valence-electron chi connectivity index (χ1n) is 4.42. The molecule has 4 heteroatoms. The molecule has 78 valence electrons. The number of hydrogen-bond donors (Lipinski definition) is 1. The molecule has 1 unspecified atom stereocenters. The molecule has 13 heavy (non-hydrogen) atoms. The highest BCUT2D eigenvalue weighted by Crippen LogP contribution is 2.13. The van der Waals surface area contributed by atoms with Crippen LogP contribution in [0.2, 0.25) is 0 Å². The molecule has 0 spiro atoms. The summed E-state index contributed by atoms with van der Waals surface area (Å²) in [5.74, 6) is 0.0847. The van der Waals surface area contributed by atoms with Crippen LogP contribution in [0.15, 0.2) is 0 Å². The Kier molecular flexibility index (Phi) is 4.78. The molecule has 0 aromatic carbocycles. The van der Waals surface area contributed by atoms with E-state index in [0.29, 0.717) is 0 Å². The monoisotopic (exact) mass is 205 g/mol. The topological polar surface area (TPSA) is 46.2 Å². The Balaban J connectivity index is 3.92. The Labute approximate surface area is 82.9 Å². The van der Waals surface area contributed by atoms with Crippen molar-refractivity contribution in [2.75, 3.05) is 6.54 Å². The van der Waals surface area contributed by atoms with Gasteiger partial charge in [-0.3, -0.25) is 4.79 Å². The van der Waals surface area contributed by atoms with Gasteiger partial charge in [0, 0.05) is 10.7 Å². The fourth-order valence-corrected chi connectivity index (χ4v) is 1.18. The van der Waals surface area contributed by atoms with E-state index in [1.54, 1.807) is 0 Å². The first-order valence-corrected chi connectivity index (χ1v) is 5.64. The lowest BCUT2D eigenvalue weighted by Gasteiger charge is -2.17. The minimum absolute atomic E-state index is 0.0489. The van der Waals surface area contributed by atoms with Crippen molar-refractivity contribution in [3.8, 4) is 0 Å². The number of carbonyl (C=O) groups is 1. The third-order valence-corrected chi connectivity index (χ3v) is 2.92. The molecule has 0 aromatic heterocycles. The van der Waals surface area contributed by atoms with Crippen molar-refractivity contribution in [1.29, 1.82) is 0 Å². The highest BCUT2D eigenvalue weighted by atomic mass is 32.2. The van der Waals surface area contributed by atoms with Crippen molar-refractivity contribution >= 4 is 16.8 Å². The summed E-state index contributed by atoms with van der Waals surface area (Å²) in [7, 11) is -1.10. The summed E-state index contributed by atoms with van der Waals surface area (Å²) >= 11 is 0. The van der Waals surface area contributed by atoms with Crippen LogP contribution < -0.4 is 4.72 Å². The van der Waals surface area contributed by atoms with Crippen molar-refractivity contribution < 1.29 is 9.00 Å². The number of carbonyl (C=O) groups excluding carboxylic acids is 1. The predicted molar refractivity (Wildman–Crippen MR) is 55.7 cm³/mol. The van der Waals surface area contributed by atoms with Gasteiger partial charge in [0.2, 0.25) is 0 Å². The SMILES string of the molecule is CC(C)S(=O)NCC(=O)C(C)(C)C. The Morgan fingerprint density at radius 1 is 1.38 bits per heavy atom. The zero-order valence-corrected chi connectivity index (χ0v) is 9.83. The molecule has 0 aliphatic carbocycles. The second-order valence-electron chi connectivity index (χ2n) is 4.34. The second kappa shape index (κ2) is 4.86. The molecule has 3 nitrogen and oxygen atoms in total. The normalized spacial score (nSPS) is 14.6. The minimum Gasteiger partial charge on any atom is -0.298 e. The van der Waals surface area contributed by atoms with Gasteiger partial charge in [-0.15, -0.1) is 0 Å². The Hall–Kier alpha value is -0.220. The van der Waals surface area contributed by atoms with Crippen molar-refractivity contribution in [3.63, 3.8) is 0 Å². The lowest BCUT2D eigenvalue weighted by atomic mass is 9.91. The molecular weight excluding hydrogens is 186 g/mol. The van der Waals surface area contributed by atoms with Crippen LogP contribution in [-0.4, -0.2) is 21.8 Å². The average Bonchev–Trinajstić information content (AvgIpc) is 1.97. The zero-order valence-electron chi connectivity index (χ0n) is 9.01. The van der Waals surface area contributed by atoms with E-state index >= 15 is 0 Å². The van der Waals surface area contributed by atoms with Crippen LogP contribution in [0.25, 0.3) is 0 Å². The average molecular weight is 205 g/mol. The maximum absolute atomic E-state index is 11.4. The van der Waals surface area contributed by atoms with E-state index in [1.165, 1.54) is 0 Å². The van der Waals surface area contributed by atoms with Gasteiger partial charge in [-0.2, -0.15) is 0 Å². The van der Waals surface area contributed by atoms with Crippen LogP contribution in [0.1, 0.15) is 34.6 Å². The summed E-state index contributed by atoms with van der Waals surface area (Å²) in [4.78, 5) is 11.4. The summed E-state index contributed by atoms with van der Waals surface area (Å²) in [5.41, 5.74) is -0.353. The number of nitrogens with one attached hydrogen (secondary N) is 1. The first-order chi connectivity index (χ1) is 5.75. The van der Waals surface area contributed by atoms with Crippen LogP contribution in [0, 0.1) is 5.41 Å². The smallest absolute Gasteiger partial charge is 0.152 e. The quantitative estimate of drug-likeness (QED) is 0.751. The third-order valence-electron chi connectivity index (χ3n) is 1.64. The van der Waals surface area contributed by atoms with Gasteiger partial charge in [-0.25, -0.2) is 8.93 Å². The third kappa shape index (κ3) is 5.16. The molecule has 0 aliphatic rings. The van der Waals surface area contributed by atoms with E-state index in [0.717, 1.165) is 0 Å². The molecular formula is C9H19NO2S. The molecule has 0 aliphatic heterocycles. The Bertz CT molecular complexity index is 206. The fourth-order valence-electron chi connectivity index (χ4n) is 0.569. The number of ketones is 1. The summed E-state index contributed by atoms with van der Waals surface area (Å²) in [6.07, 6.45) is 0. The standard InChI is InChI=1S/C9H19NO2S/c1-7(2)13(12)10-6-8(11)9(3,4)5/h7,10H,6H2,1-5H3. The van der Waals surface area contributed by atoms with Crippen molar-refractivity contribution in [1.82, 2.24) is 4.72 Å². The van der Waals surface area contributed by atoms with E-state index < -0.39 is 11.0 Å². The maximum Gasteiger partial charge on any atom is 0.152 e. The van der Waals surface area contributed by atoms with Crippen molar-refractivity contribution in [2.45, 2.75) is 39.9 Å². The highest BCUT2D eigenvalue weighted by molar-refractivity contribution is 7.83. The maximum atomic E-state index is 11.4. The fraction of sp³-hybridized carbons (Fsp3) is 0.889. The molecule has 0 fully saturated rings. The molecule has 0 aromatic rings. The Morgan fingerprint density at radius 3 is 2.15 bits per heavy atom. The van der Waals surface area contributed by atoms with Gasteiger partial charge < -0.3 is 0 Å². The van der Waals surface area contributed by atoms with E-state index in [-0.39, 0.29) is 23.0 Å². The molecule has 0 radical (unpaired) electrons.